The Hall–Kier alpha value is -2.34. The summed E-state index contributed by atoms with van der Waals surface area (Å²) < 4.78 is 2.08. The van der Waals surface area contributed by atoms with Crippen molar-refractivity contribution in [2.75, 3.05) is 13.1 Å². The number of likely N-dealkylation sites (tertiary alicyclic amines) is 1. The van der Waals surface area contributed by atoms with E-state index in [-0.39, 0.29) is 17.9 Å². The van der Waals surface area contributed by atoms with Gasteiger partial charge in [-0.25, -0.2) is 0 Å². The van der Waals surface area contributed by atoms with E-state index in [2.05, 4.69) is 16.8 Å². The number of aliphatic hydroxyl groups excluding tert-OH is 1. The summed E-state index contributed by atoms with van der Waals surface area (Å²) in [6.07, 6.45) is 2.31. The van der Waals surface area contributed by atoms with Crippen LogP contribution in [0.2, 0.25) is 0 Å². The predicted octanol–water partition coefficient (Wildman–Crippen LogP) is 1.76. The number of rotatable bonds is 3. The Labute approximate surface area is 147 Å². The number of carbonyl (C=O) groups is 2. The van der Waals surface area contributed by atoms with Crippen LogP contribution in [0.1, 0.15) is 37.0 Å². The van der Waals surface area contributed by atoms with E-state index in [0.29, 0.717) is 31.5 Å². The van der Waals surface area contributed by atoms with Gasteiger partial charge in [-0.2, -0.15) is 0 Å². The molecule has 3 rings (SSSR count). The van der Waals surface area contributed by atoms with Crippen LogP contribution in [-0.4, -0.2) is 51.6 Å². The van der Waals surface area contributed by atoms with Gasteiger partial charge in [0.1, 0.15) is 0 Å². The lowest BCUT2D eigenvalue weighted by molar-refractivity contribution is -0.120. The molecule has 2 amide bonds. The second-order valence-corrected chi connectivity index (χ2v) is 6.59. The first-order valence-electron chi connectivity index (χ1n) is 8.83. The Kier molecular flexibility index (Phi) is 5.08. The minimum absolute atomic E-state index is 0.0147. The third kappa shape index (κ3) is 3.54. The molecule has 0 saturated carbocycles. The van der Waals surface area contributed by atoms with Crippen LogP contribution in [0.25, 0.3) is 10.9 Å². The van der Waals surface area contributed by atoms with Crippen molar-refractivity contribution in [1.29, 1.82) is 0 Å². The third-order valence-corrected chi connectivity index (χ3v) is 4.90. The van der Waals surface area contributed by atoms with Crippen molar-refractivity contribution in [2.24, 2.45) is 0 Å². The number of nitrogens with zero attached hydrogens (tertiary/aromatic N) is 2. The van der Waals surface area contributed by atoms with Crippen molar-refractivity contribution >= 4 is 22.7 Å². The van der Waals surface area contributed by atoms with Gasteiger partial charge in [0.05, 0.1) is 17.7 Å². The van der Waals surface area contributed by atoms with Gasteiger partial charge >= 0.3 is 0 Å². The molecule has 1 aliphatic heterocycles. The second kappa shape index (κ2) is 7.27. The SMILES string of the molecule is CCn1cc(C(=O)N2CC[C@H](NC(C)=O)[C@@H](O)CC2)c2ccccc21. The molecule has 6 nitrogen and oxygen atoms in total. The van der Waals surface area contributed by atoms with Gasteiger partial charge in [-0.15, -0.1) is 0 Å². The Morgan fingerprint density at radius 3 is 2.68 bits per heavy atom. The number of para-hydroxylation sites is 1. The molecule has 2 N–H and O–H groups in total. The molecule has 0 bridgehead atoms. The highest BCUT2D eigenvalue weighted by Gasteiger charge is 2.29. The number of aryl methyl sites for hydroxylation is 1. The van der Waals surface area contributed by atoms with E-state index in [1.807, 2.05) is 30.5 Å². The van der Waals surface area contributed by atoms with Gasteiger partial charge < -0.3 is 19.9 Å². The number of aliphatic hydroxyl groups is 1. The van der Waals surface area contributed by atoms with E-state index in [1.165, 1.54) is 6.92 Å². The zero-order valence-corrected chi connectivity index (χ0v) is 14.7. The fourth-order valence-corrected chi connectivity index (χ4v) is 3.57. The van der Waals surface area contributed by atoms with Crippen molar-refractivity contribution in [3.8, 4) is 0 Å². The first-order valence-corrected chi connectivity index (χ1v) is 8.83. The van der Waals surface area contributed by atoms with Crippen LogP contribution < -0.4 is 5.32 Å². The molecule has 1 aliphatic rings. The Balaban J connectivity index is 1.83. The molecule has 2 aromatic rings. The lowest BCUT2D eigenvalue weighted by Gasteiger charge is -2.20. The average molecular weight is 343 g/mol. The minimum Gasteiger partial charge on any atom is -0.391 e. The minimum atomic E-state index is -0.626. The van der Waals surface area contributed by atoms with E-state index >= 15 is 0 Å². The molecule has 0 radical (unpaired) electrons. The second-order valence-electron chi connectivity index (χ2n) is 6.59. The molecule has 1 aromatic carbocycles. The van der Waals surface area contributed by atoms with E-state index in [1.54, 1.807) is 4.90 Å². The maximum absolute atomic E-state index is 13.1. The molecule has 0 aliphatic carbocycles. The molecule has 25 heavy (non-hydrogen) atoms. The fraction of sp³-hybridized carbons (Fsp3) is 0.474. The molecule has 1 fully saturated rings. The highest BCUT2D eigenvalue weighted by atomic mass is 16.3. The summed E-state index contributed by atoms with van der Waals surface area (Å²) in [4.78, 5) is 26.1. The maximum Gasteiger partial charge on any atom is 0.256 e. The number of aromatic nitrogens is 1. The topological polar surface area (TPSA) is 74.6 Å². The highest BCUT2D eigenvalue weighted by Crippen LogP contribution is 2.24. The normalized spacial score (nSPS) is 21.2. The third-order valence-electron chi connectivity index (χ3n) is 4.90. The first-order chi connectivity index (χ1) is 12.0. The molecule has 1 aromatic heterocycles. The van der Waals surface area contributed by atoms with Gasteiger partial charge in [-0.1, -0.05) is 18.2 Å². The molecule has 0 unspecified atom stereocenters. The lowest BCUT2D eigenvalue weighted by atomic mass is 10.1. The zero-order chi connectivity index (χ0) is 18.0. The van der Waals surface area contributed by atoms with Crippen LogP contribution >= 0.6 is 0 Å². The Morgan fingerprint density at radius 2 is 1.96 bits per heavy atom. The van der Waals surface area contributed by atoms with Gasteiger partial charge in [-0.3, -0.25) is 9.59 Å². The highest BCUT2D eigenvalue weighted by molar-refractivity contribution is 6.07. The summed E-state index contributed by atoms with van der Waals surface area (Å²) in [5.41, 5.74) is 1.75. The molecular formula is C19H25N3O3. The summed E-state index contributed by atoms with van der Waals surface area (Å²) in [6, 6.07) is 7.62. The van der Waals surface area contributed by atoms with E-state index in [0.717, 1.165) is 17.4 Å². The van der Waals surface area contributed by atoms with Gasteiger partial charge in [0, 0.05) is 43.7 Å². The monoisotopic (exact) mass is 343 g/mol. The van der Waals surface area contributed by atoms with Gasteiger partial charge in [0.2, 0.25) is 5.91 Å². The lowest BCUT2D eigenvalue weighted by Crippen LogP contribution is -2.42. The largest absolute Gasteiger partial charge is 0.391 e. The summed E-state index contributed by atoms with van der Waals surface area (Å²) in [7, 11) is 0. The maximum atomic E-state index is 13.1. The van der Waals surface area contributed by atoms with Crippen LogP contribution in [-0.2, 0) is 11.3 Å². The standard InChI is InChI=1S/C19H25N3O3/c1-3-21-12-15(14-6-4-5-7-17(14)21)19(25)22-10-8-16(20-13(2)23)18(24)9-11-22/h4-7,12,16,18,24H,3,8-11H2,1-2H3,(H,20,23)/t16-,18-/m0/s1. The quantitative estimate of drug-likeness (QED) is 0.892. The van der Waals surface area contributed by atoms with Crippen molar-refractivity contribution in [3.63, 3.8) is 0 Å². The van der Waals surface area contributed by atoms with Crippen LogP contribution in [0.15, 0.2) is 30.5 Å². The van der Waals surface area contributed by atoms with Crippen molar-refractivity contribution in [2.45, 2.75) is 45.4 Å². The number of hydrogen-bond donors (Lipinski definition) is 2. The number of amides is 2. The Morgan fingerprint density at radius 1 is 1.24 bits per heavy atom. The fourth-order valence-electron chi connectivity index (χ4n) is 3.57. The molecule has 2 heterocycles. The van der Waals surface area contributed by atoms with Gasteiger partial charge in [0.25, 0.3) is 5.91 Å². The first kappa shape index (κ1) is 17.5. The summed E-state index contributed by atoms with van der Waals surface area (Å²) in [5.74, 6) is -0.172. The van der Waals surface area contributed by atoms with Crippen LogP contribution in [0.3, 0.4) is 0 Å². The van der Waals surface area contributed by atoms with Crippen molar-refractivity contribution in [3.05, 3.63) is 36.0 Å². The summed E-state index contributed by atoms with van der Waals surface area (Å²) in [5, 5.41) is 14.0. The van der Waals surface area contributed by atoms with Crippen molar-refractivity contribution < 1.29 is 14.7 Å². The number of fused-ring (bicyclic) bond motifs is 1. The smallest absolute Gasteiger partial charge is 0.256 e. The van der Waals surface area contributed by atoms with Gasteiger partial charge in [-0.05, 0) is 25.8 Å². The van der Waals surface area contributed by atoms with Crippen LogP contribution in [0.4, 0.5) is 0 Å². The number of benzene rings is 1. The average Bonchev–Trinajstić information content (AvgIpc) is 2.88. The number of nitrogens with one attached hydrogen (secondary N) is 1. The van der Waals surface area contributed by atoms with Crippen LogP contribution in [0, 0.1) is 0 Å². The van der Waals surface area contributed by atoms with Crippen molar-refractivity contribution in [1.82, 2.24) is 14.8 Å². The van der Waals surface area contributed by atoms with Gasteiger partial charge in [0.15, 0.2) is 0 Å². The molecular weight excluding hydrogens is 318 g/mol. The molecule has 1 saturated heterocycles. The molecule has 134 valence electrons. The predicted molar refractivity (Wildman–Crippen MR) is 96.4 cm³/mol. The van der Waals surface area contributed by atoms with Crippen LogP contribution in [0.5, 0.6) is 0 Å². The van der Waals surface area contributed by atoms with E-state index < -0.39 is 6.10 Å². The Bertz CT molecular complexity index is 783. The number of hydrogen-bond acceptors (Lipinski definition) is 3. The van der Waals surface area contributed by atoms with E-state index in [9.17, 15) is 14.7 Å². The zero-order valence-electron chi connectivity index (χ0n) is 14.7. The summed E-state index contributed by atoms with van der Waals surface area (Å²) in [6.45, 7) is 5.31. The molecule has 0 spiro atoms. The summed E-state index contributed by atoms with van der Waals surface area (Å²) >= 11 is 0. The van der Waals surface area contributed by atoms with E-state index in [4.69, 9.17) is 0 Å². The molecule has 2 atom stereocenters. The molecule has 6 heteroatoms. The number of carbonyl (C=O) groups excluding carboxylic acids is 2.